The van der Waals surface area contributed by atoms with Crippen molar-refractivity contribution in [3.8, 4) is 11.5 Å². The average molecular weight is 308 g/mol. The Kier molecular flexibility index (Phi) is 4.13. The molecule has 0 saturated heterocycles. The molecule has 0 spiro atoms. The standard InChI is InChI=1S/C19H17O2P/c1-14-12-18(21)19(13-17(14)20)22(15-8-4-2-5-9-15)16-10-6-3-7-11-16/h2-13,20-21H,1H3. The lowest BCUT2D eigenvalue weighted by atomic mass is 10.2. The van der Waals surface area contributed by atoms with Crippen LogP contribution < -0.4 is 15.9 Å². The van der Waals surface area contributed by atoms with Gasteiger partial charge < -0.3 is 10.2 Å². The van der Waals surface area contributed by atoms with Crippen molar-refractivity contribution in [2.75, 3.05) is 0 Å². The number of aryl methyl sites for hydroxylation is 1. The maximum Gasteiger partial charge on any atom is 0.124 e. The molecule has 0 radical (unpaired) electrons. The number of phenols is 2. The molecule has 2 N–H and O–H groups in total. The molecule has 0 aromatic heterocycles. The van der Waals surface area contributed by atoms with E-state index in [1.165, 1.54) is 0 Å². The zero-order valence-electron chi connectivity index (χ0n) is 12.3. The highest BCUT2D eigenvalue weighted by Crippen LogP contribution is 2.38. The van der Waals surface area contributed by atoms with Crippen molar-refractivity contribution in [3.05, 3.63) is 78.4 Å². The van der Waals surface area contributed by atoms with Gasteiger partial charge in [-0.2, -0.15) is 0 Å². The van der Waals surface area contributed by atoms with E-state index >= 15 is 0 Å². The molecule has 0 fully saturated rings. The molecule has 0 atom stereocenters. The van der Waals surface area contributed by atoms with Gasteiger partial charge in [-0.15, -0.1) is 0 Å². The molecule has 22 heavy (non-hydrogen) atoms. The molecule has 0 bridgehead atoms. The predicted octanol–water partition coefficient (Wildman–Crippen LogP) is 3.16. The number of rotatable bonds is 3. The van der Waals surface area contributed by atoms with Crippen LogP contribution in [0.5, 0.6) is 11.5 Å². The first-order valence-corrected chi connectivity index (χ1v) is 8.44. The molecule has 0 saturated carbocycles. The molecular formula is C19H17O2P. The van der Waals surface area contributed by atoms with Crippen LogP contribution >= 0.6 is 7.92 Å². The molecule has 0 heterocycles. The number of aromatic hydroxyl groups is 2. The summed E-state index contributed by atoms with van der Waals surface area (Å²) in [6.07, 6.45) is 0. The molecule has 0 aliphatic heterocycles. The molecule has 2 nitrogen and oxygen atoms in total. The Morgan fingerprint density at radius 3 is 1.68 bits per heavy atom. The Bertz CT molecular complexity index is 731. The summed E-state index contributed by atoms with van der Waals surface area (Å²) >= 11 is 0. The molecule has 3 rings (SSSR count). The second kappa shape index (κ2) is 6.21. The highest BCUT2D eigenvalue weighted by atomic mass is 31.1. The van der Waals surface area contributed by atoms with Gasteiger partial charge in [-0.25, -0.2) is 0 Å². The highest BCUT2D eigenvalue weighted by Gasteiger charge is 2.20. The summed E-state index contributed by atoms with van der Waals surface area (Å²) in [4.78, 5) is 0. The summed E-state index contributed by atoms with van der Waals surface area (Å²) in [5, 5.41) is 23.5. The van der Waals surface area contributed by atoms with Gasteiger partial charge in [0.2, 0.25) is 0 Å². The summed E-state index contributed by atoms with van der Waals surface area (Å²) in [7, 11) is -0.905. The second-order valence-electron chi connectivity index (χ2n) is 5.13. The Balaban J connectivity index is 2.21. The molecule has 0 aliphatic rings. The smallest absolute Gasteiger partial charge is 0.124 e. The molecule has 110 valence electrons. The molecule has 3 aromatic rings. The van der Waals surface area contributed by atoms with Crippen molar-refractivity contribution in [2.24, 2.45) is 0 Å². The van der Waals surface area contributed by atoms with Crippen molar-refractivity contribution in [1.29, 1.82) is 0 Å². The minimum atomic E-state index is -0.905. The van der Waals surface area contributed by atoms with Crippen LogP contribution in [0.1, 0.15) is 5.56 Å². The normalized spacial score (nSPS) is 10.8. The fourth-order valence-corrected chi connectivity index (χ4v) is 4.77. The maximum absolute atomic E-state index is 10.4. The Morgan fingerprint density at radius 2 is 1.18 bits per heavy atom. The van der Waals surface area contributed by atoms with Crippen LogP contribution in [0.15, 0.2) is 72.8 Å². The van der Waals surface area contributed by atoms with Crippen molar-refractivity contribution >= 4 is 23.8 Å². The van der Waals surface area contributed by atoms with E-state index in [0.29, 0.717) is 5.56 Å². The molecular weight excluding hydrogens is 291 g/mol. The minimum absolute atomic E-state index is 0.215. The fraction of sp³-hybridized carbons (Fsp3) is 0.0526. The first kappa shape index (κ1) is 14.6. The van der Waals surface area contributed by atoms with Gasteiger partial charge in [0.25, 0.3) is 0 Å². The number of hydrogen-bond donors (Lipinski definition) is 2. The average Bonchev–Trinajstić information content (AvgIpc) is 2.55. The quantitative estimate of drug-likeness (QED) is 0.576. The van der Waals surface area contributed by atoms with Crippen molar-refractivity contribution in [1.82, 2.24) is 0 Å². The Morgan fingerprint density at radius 1 is 0.682 bits per heavy atom. The van der Waals surface area contributed by atoms with Crippen molar-refractivity contribution in [2.45, 2.75) is 6.92 Å². The first-order valence-electron chi connectivity index (χ1n) is 7.09. The van der Waals surface area contributed by atoms with Crippen LogP contribution in [-0.4, -0.2) is 10.2 Å². The van der Waals surface area contributed by atoms with Gasteiger partial charge in [-0.05, 0) is 43.2 Å². The molecule has 0 unspecified atom stereocenters. The Labute approximate surface area is 131 Å². The van der Waals surface area contributed by atoms with Gasteiger partial charge in [0, 0.05) is 5.30 Å². The molecule has 0 aliphatic carbocycles. The third-order valence-electron chi connectivity index (χ3n) is 3.56. The number of hydrogen-bond acceptors (Lipinski definition) is 2. The van der Waals surface area contributed by atoms with Gasteiger partial charge in [0.1, 0.15) is 11.5 Å². The summed E-state index contributed by atoms with van der Waals surface area (Å²) in [6.45, 7) is 1.78. The topological polar surface area (TPSA) is 40.5 Å². The predicted molar refractivity (Wildman–Crippen MR) is 93.2 cm³/mol. The summed E-state index contributed by atoms with van der Waals surface area (Å²) in [6, 6.07) is 23.5. The number of benzene rings is 3. The first-order chi connectivity index (χ1) is 10.7. The monoisotopic (exact) mass is 308 g/mol. The van der Waals surface area contributed by atoms with E-state index in [4.69, 9.17) is 0 Å². The van der Waals surface area contributed by atoms with Crippen LogP contribution in [0.2, 0.25) is 0 Å². The highest BCUT2D eigenvalue weighted by molar-refractivity contribution is 7.80. The largest absolute Gasteiger partial charge is 0.508 e. The third kappa shape index (κ3) is 2.84. The van der Waals surface area contributed by atoms with E-state index in [2.05, 4.69) is 24.3 Å². The van der Waals surface area contributed by atoms with Crippen LogP contribution in [0.25, 0.3) is 0 Å². The number of phenolic OH excluding ortho intramolecular Hbond substituents is 2. The molecule has 0 amide bonds. The van der Waals surface area contributed by atoms with Gasteiger partial charge in [0.05, 0.1) is 0 Å². The summed E-state index contributed by atoms with van der Waals surface area (Å²) in [5.74, 6) is 0.446. The lowest BCUT2D eigenvalue weighted by Crippen LogP contribution is -2.20. The van der Waals surface area contributed by atoms with E-state index in [9.17, 15) is 10.2 Å². The van der Waals surface area contributed by atoms with E-state index in [1.807, 2.05) is 36.4 Å². The maximum atomic E-state index is 10.4. The van der Waals surface area contributed by atoms with Gasteiger partial charge in [0.15, 0.2) is 0 Å². The van der Waals surface area contributed by atoms with Crippen LogP contribution in [-0.2, 0) is 0 Å². The van der Waals surface area contributed by atoms with Crippen molar-refractivity contribution < 1.29 is 10.2 Å². The van der Waals surface area contributed by atoms with Gasteiger partial charge in [-0.1, -0.05) is 60.7 Å². The fourth-order valence-electron chi connectivity index (χ4n) is 2.43. The SMILES string of the molecule is Cc1cc(O)c(P(c2ccccc2)c2ccccc2)cc1O. The van der Waals surface area contributed by atoms with E-state index in [-0.39, 0.29) is 11.5 Å². The van der Waals surface area contributed by atoms with Gasteiger partial charge >= 0.3 is 0 Å². The lowest BCUT2D eigenvalue weighted by Gasteiger charge is -2.21. The van der Waals surface area contributed by atoms with Crippen LogP contribution in [0.3, 0.4) is 0 Å². The van der Waals surface area contributed by atoms with Gasteiger partial charge in [-0.3, -0.25) is 0 Å². The van der Waals surface area contributed by atoms with Crippen molar-refractivity contribution in [3.63, 3.8) is 0 Å². The van der Waals surface area contributed by atoms with Crippen LogP contribution in [0, 0.1) is 6.92 Å². The zero-order valence-corrected chi connectivity index (χ0v) is 13.2. The van der Waals surface area contributed by atoms with Crippen LogP contribution in [0.4, 0.5) is 0 Å². The second-order valence-corrected chi connectivity index (χ2v) is 7.32. The van der Waals surface area contributed by atoms with E-state index in [1.54, 1.807) is 19.1 Å². The molecule has 3 aromatic carbocycles. The van der Waals surface area contributed by atoms with E-state index < -0.39 is 7.92 Å². The summed E-state index contributed by atoms with van der Waals surface area (Å²) < 4.78 is 0. The molecule has 3 heteroatoms. The lowest BCUT2D eigenvalue weighted by molar-refractivity contribution is 0.460. The minimum Gasteiger partial charge on any atom is -0.508 e. The summed E-state index contributed by atoms with van der Waals surface area (Å²) in [5.41, 5.74) is 0.678. The zero-order chi connectivity index (χ0) is 15.5. The Hall–Kier alpha value is -2.31. The van der Waals surface area contributed by atoms with E-state index in [0.717, 1.165) is 15.9 Å². The third-order valence-corrected chi connectivity index (χ3v) is 6.03.